The van der Waals surface area contributed by atoms with E-state index in [-0.39, 0.29) is 23.1 Å². The minimum atomic E-state index is -0.495. The zero-order valence-electron chi connectivity index (χ0n) is 11.9. The number of rotatable bonds is 3. The molecule has 0 radical (unpaired) electrons. The Hall–Kier alpha value is -1.85. The minimum absolute atomic E-state index is 0.0661. The molecule has 0 bridgehead atoms. The number of halogens is 2. The number of ether oxygens (including phenoxy) is 1. The molecule has 1 aliphatic heterocycles. The van der Waals surface area contributed by atoms with Crippen molar-refractivity contribution in [2.45, 2.75) is 25.5 Å². The molecule has 1 aliphatic rings. The largest absolute Gasteiger partial charge is 0.469 e. The molecule has 2 heterocycles. The van der Waals surface area contributed by atoms with Crippen LogP contribution in [0.25, 0.3) is 0 Å². The van der Waals surface area contributed by atoms with Gasteiger partial charge in [0.05, 0.1) is 22.9 Å². The number of carbonyl (C=O) groups is 1. The van der Waals surface area contributed by atoms with Crippen LogP contribution in [0.4, 0.5) is 4.39 Å². The van der Waals surface area contributed by atoms with Gasteiger partial charge in [0, 0.05) is 6.61 Å². The molecule has 1 fully saturated rings. The number of amides is 1. The lowest BCUT2D eigenvalue weighted by Crippen LogP contribution is -2.36. The normalized spacial score (nSPS) is 21.0. The van der Waals surface area contributed by atoms with Gasteiger partial charge in [-0.25, -0.2) is 4.39 Å². The van der Waals surface area contributed by atoms with Gasteiger partial charge in [0.15, 0.2) is 0 Å². The Bertz CT molecular complexity index is 700. The highest BCUT2D eigenvalue weighted by Gasteiger charge is 2.32. The van der Waals surface area contributed by atoms with Crippen LogP contribution < -0.4 is 5.32 Å². The number of carbonyl (C=O) groups excluding carboxylic acids is 1. The second kappa shape index (κ2) is 6.10. The van der Waals surface area contributed by atoms with Crippen LogP contribution in [0, 0.1) is 12.7 Å². The number of benzene rings is 1. The Morgan fingerprint density at radius 3 is 2.91 bits per heavy atom. The van der Waals surface area contributed by atoms with Gasteiger partial charge in [-0.05, 0) is 37.1 Å². The third-order valence-electron chi connectivity index (χ3n) is 3.78. The molecule has 1 saturated heterocycles. The summed E-state index contributed by atoms with van der Waals surface area (Å²) in [6.07, 6.45) is 1.75. The second-order valence-corrected chi connectivity index (χ2v) is 5.63. The van der Waals surface area contributed by atoms with Crippen LogP contribution in [0.2, 0.25) is 5.02 Å². The monoisotopic (exact) mass is 323 g/mol. The van der Waals surface area contributed by atoms with E-state index in [1.54, 1.807) is 19.1 Å². The predicted molar refractivity (Wildman–Crippen MR) is 79.4 cm³/mol. The highest BCUT2D eigenvalue weighted by atomic mass is 35.5. The molecule has 4 nitrogen and oxygen atoms in total. The summed E-state index contributed by atoms with van der Waals surface area (Å²) in [5, 5.41) is 2.99. The molecule has 0 aliphatic carbocycles. The maximum atomic E-state index is 13.6. The van der Waals surface area contributed by atoms with Gasteiger partial charge in [-0.2, -0.15) is 0 Å². The van der Waals surface area contributed by atoms with Gasteiger partial charge in [-0.3, -0.25) is 4.79 Å². The highest BCUT2D eigenvalue weighted by molar-refractivity contribution is 6.30. The molecule has 2 aromatic rings. The summed E-state index contributed by atoms with van der Waals surface area (Å²) in [5.74, 6) is -0.155. The van der Waals surface area contributed by atoms with Gasteiger partial charge in [0.1, 0.15) is 17.7 Å². The lowest BCUT2D eigenvalue weighted by atomic mass is 10.0. The fourth-order valence-electron chi connectivity index (χ4n) is 2.62. The quantitative estimate of drug-likeness (QED) is 0.938. The van der Waals surface area contributed by atoms with Crippen molar-refractivity contribution in [3.8, 4) is 0 Å². The van der Waals surface area contributed by atoms with Crippen molar-refractivity contribution in [3.63, 3.8) is 0 Å². The van der Waals surface area contributed by atoms with E-state index in [0.29, 0.717) is 29.9 Å². The zero-order valence-corrected chi connectivity index (χ0v) is 12.7. The van der Waals surface area contributed by atoms with Crippen LogP contribution in [0.1, 0.15) is 34.2 Å². The predicted octanol–water partition coefficient (Wildman–Crippen LogP) is 3.64. The lowest BCUT2D eigenvalue weighted by molar-refractivity contribution is 0.0819. The molecule has 0 spiro atoms. The average Bonchev–Trinajstić information content (AvgIpc) is 3.11. The van der Waals surface area contributed by atoms with Gasteiger partial charge < -0.3 is 14.5 Å². The van der Waals surface area contributed by atoms with E-state index in [1.807, 2.05) is 0 Å². The Morgan fingerprint density at radius 2 is 2.23 bits per heavy atom. The van der Waals surface area contributed by atoms with Crippen LogP contribution >= 0.6 is 11.6 Å². The molecule has 6 heteroatoms. The Balaban J connectivity index is 1.77. The third-order valence-corrected chi connectivity index (χ3v) is 4.09. The first-order valence-electron chi connectivity index (χ1n) is 6.98. The summed E-state index contributed by atoms with van der Waals surface area (Å²) in [4.78, 5) is 12.3. The number of furan rings is 1. The standard InChI is InChI=1S/C16H15ClFNO3/c1-9-11(4-6-21-9)16(20)19-14-5-7-22-15(14)10-2-3-12(17)13(18)8-10/h2-4,6,8,14-15H,5,7H2,1H3,(H,19,20)/t14-,15+/m0/s1. The third kappa shape index (κ3) is 2.87. The Labute approximate surface area is 132 Å². The van der Waals surface area contributed by atoms with Crippen molar-refractivity contribution in [3.05, 3.63) is 58.3 Å². The van der Waals surface area contributed by atoms with E-state index < -0.39 is 5.82 Å². The summed E-state index contributed by atoms with van der Waals surface area (Å²) in [7, 11) is 0. The Morgan fingerprint density at radius 1 is 1.41 bits per heavy atom. The molecule has 116 valence electrons. The van der Waals surface area contributed by atoms with Crippen molar-refractivity contribution in [2.24, 2.45) is 0 Å². The first-order chi connectivity index (χ1) is 10.6. The fourth-order valence-corrected chi connectivity index (χ4v) is 2.74. The smallest absolute Gasteiger partial charge is 0.255 e. The van der Waals surface area contributed by atoms with Crippen molar-refractivity contribution < 1.29 is 18.3 Å². The summed E-state index contributed by atoms with van der Waals surface area (Å²) in [6, 6.07) is 5.96. The van der Waals surface area contributed by atoms with Gasteiger partial charge in [0.25, 0.3) is 5.91 Å². The van der Waals surface area contributed by atoms with Crippen LogP contribution in [0.15, 0.2) is 34.9 Å². The molecule has 0 saturated carbocycles. The number of aryl methyl sites for hydroxylation is 1. The maximum Gasteiger partial charge on any atom is 0.255 e. The van der Waals surface area contributed by atoms with E-state index in [4.69, 9.17) is 20.8 Å². The van der Waals surface area contributed by atoms with Crippen molar-refractivity contribution in [2.75, 3.05) is 6.61 Å². The second-order valence-electron chi connectivity index (χ2n) is 5.22. The lowest BCUT2D eigenvalue weighted by Gasteiger charge is -2.20. The first kappa shape index (κ1) is 15.1. The van der Waals surface area contributed by atoms with Crippen LogP contribution in [-0.4, -0.2) is 18.6 Å². The van der Waals surface area contributed by atoms with Crippen LogP contribution in [-0.2, 0) is 4.74 Å². The highest BCUT2D eigenvalue weighted by Crippen LogP contribution is 2.31. The summed E-state index contributed by atoms with van der Waals surface area (Å²) in [6.45, 7) is 2.23. The molecular formula is C16H15ClFNO3. The molecule has 1 aromatic heterocycles. The fraction of sp³-hybridized carbons (Fsp3) is 0.312. The zero-order chi connectivity index (χ0) is 15.7. The van der Waals surface area contributed by atoms with Gasteiger partial charge in [-0.1, -0.05) is 17.7 Å². The number of hydrogen-bond acceptors (Lipinski definition) is 3. The molecule has 2 atom stereocenters. The van der Waals surface area contributed by atoms with E-state index >= 15 is 0 Å². The molecule has 1 N–H and O–H groups in total. The summed E-state index contributed by atoms with van der Waals surface area (Å²) < 4.78 is 24.4. The first-order valence-corrected chi connectivity index (χ1v) is 7.35. The van der Waals surface area contributed by atoms with E-state index in [1.165, 1.54) is 18.4 Å². The molecule has 1 amide bonds. The van der Waals surface area contributed by atoms with Crippen molar-refractivity contribution >= 4 is 17.5 Å². The van der Waals surface area contributed by atoms with Gasteiger partial charge in [0.2, 0.25) is 0 Å². The molecule has 1 aromatic carbocycles. The summed E-state index contributed by atoms with van der Waals surface area (Å²) >= 11 is 5.70. The van der Waals surface area contributed by atoms with E-state index in [0.717, 1.165) is 0 Å². The minimum Gasteiger partial charge on any atom is -0.469 e. The maximum absolute atomic E-state index is 13.6. The molecule has 0 unspecified atom stereocenters. The topological polar surface area (TPSA) is 51.5 Å². The van der Waals surface area contributed by atoms with Crippen LogP contribution in [0.3, 0.4) is 0 Å². The Kier molecular flexibility index (Phi) is 4.18. The van der Waals surface area contributed by atoms with Crippen LogP contribution in [0.5, 0.6) is 0 Å². The van der Waals surface area contributed by atoms with E-state index in [9.17, 15) is 9.18 Å². The molecular weight excluding hydrogens is 309 g/mol. The SMILES string of the molecule is Cc1occc1C(=O)N[C@H]1CCO[C@@H]1c1ccc(Cl)c(F)c1. The van der Waals surface area contributed by atoms with Gasteiger partial charge >= 0.3 is 0 Å². The summed E-state index contributed by atoms with van der Waals surface area (Å²) in [5.41, 5.74) is 1.15. The number of hydrogen-bond donors (Lipinski definition) is 1. The molecule has 3 rings (SSSR count). The van der Waals surface area contributed by atoms with Crippen molar-refractivity contribution in [1.82, 2.24) is 5.32 Å². The molecule has 22 heavy (non-hydrogen) atoms. The number of nitrogens with one attached hydrogen (secondary N) is 1. The van der Waals surface area contributed by atoms with Gasteiger partial charge in [-0.15, -0.1) is 0 Å². The van der Waals surface area contributed by atoms with Crippen molar-refractivity contribution in [1.29, 1.82) is 0 Å². The average molecular weight is 324 g/mol. The van der Waals surface area contributed by atoms with E-state index in [2.05, 4.69) is 5.32 Å².